The van der Waals surface area contributed by atoms with Crippen LogP contribution in [0.2, 0.25) is 0 Å². The number of benzene rings is 1. The van der Waals surface area contributed by atoms with Crippen LogP contribution in [0.25, 0.3) is 0 Å². The Bertz CT molecular complexity index is 770. The Morgan fingerprint density at radius 2 is 1.80 bits per heavy atom. The molecule has 0 spiro atoms. The normalized spacial score (nSPS) is 16.3. The summed E-state index contributed by atoms with van der Waals surface area (Å²) in [5.74, 6) is 0. The molecule has 0 bridgehead atoms. The molecule has 1 saturated heterocycles. The minimum atomic E-state index is -3.74. The second-order valence-corrected chi connectivity index (χ2v) is 9.12. The Kier molecular flexibility index (Phi) is 5.70. The lowest BCUT2D eigenvalue weighted by atomic mass is 9.97. The molecule has 1 aromatic carbocycles. The van der Waals surface area contributed by atoms with Crippen molar-refractivity contribution < 1.29 is 13.2 Å². The summed E-state index contributed by atoms with van der Waals surface area (Å²) in [5.41, 5.74) is 0.120. The van der Waals surface area contributed by atoms with Gasteiger partial charge in [-0.25, -0.2) is 13.2 Å². The van der Waals surface area contributed by atoms with Crippen LogP contribution in [0.15, 0.2) is 29.2 Å². The fourth-order valence-electron chi connectivity index (χ4n) is 2.51. The second kappa shape index (κ2) is 7.42. The highest BCUT2D eigenvalue weighted by molar-refractivity contribution is 7.89. The van der Waals surface area contributed by atoms with E-state index in [1.54, 1.807) is 17.0 Å². The van der Waals surface area contributed by atoms with Crippen molar-refractivity contribution >= 4 is 16.1 Å². The minimum absolute atomic E-state index is 0.0121. The van der Waals surface area contributed by atoms with Crippen LogP contribution in [-0.2, 0) is 10.0 Å². The third-order valence-corrected chi connectivity index (χ3v) is 5.88. The molecule has 1 fully saturated rings. The SMILES string of the molecule is CC(C)(C)CNC(=O)N1CCN(S(=O)(=O)c2ccccc2C#N)CC1. The predicted molar refractivity (Wildman–Crippen MR) is 94.3 cm³/mol. The van der Waals surface area contributed by atoms with Crippen molar-refractivity contribution in [1.29, 1.82) is 5.26 Å². The number of carbonyl (C=O) groups excluding carboxylic acids is 1. The number of urea groups is 1. The molecular weight excluding hydrogens is 340 g/mol. The van der Waals surface area contributed by atoms with E-state index in [9.17, 15) is 13.2 Å². The van der Waals surface area contributed by atoms with Gasteiger partial charge in [0, 0.05) is 32.7 Å². The number of nitriles is 1. The van der Waals surface area contributed by atoms with E-state index in [2.05, 4.69) is 5.32 Å². The van der Waals surface area contributed by atoms with Gasteiger partial charge in [0.25, 0.3) is 0 Å². The van der Waals surface area contributed by atoms with Crippen molar-refractivity contribution in [2.45, 2.75) is 25.7 Å². The summed E-state index contributed by atoms with van der Waals surface area (Å²) in [6.07, 6.45) is 0. The number of hydrogen-bond acceptors (Lipinski definition) is 4. The van der Waals surface area contributed by atoms with Crippen molar-refractivity contribution in [2.75, 3.05) is 32.7 Å². The number of carbonyl (C=O) groups is 1. The number of amides is 2. The fraction of sp³-hybridized carbons (Fsp3) is 0.529. The molecule has 1 aliphatic rings. The van der Waals surface area contributed by atoms with Gasteiger partial charge in [-0.05, 0) is 17.5 Å². The van der Waals surface area contributed by atoms with Gasteiger partial charge in [0.05, 0.1) is 10.5 Å². The molecule has 0 aromatic heterocycles. The Labute approximate surface area is 149 Å². The molecule has 0 atom stereocenters. The zero-order valence-electron chi connectivity index (χ0n) is 14.8. The zero-order chi connectivity index (χ0) is 18.7. The molecule has 0 aliphatic carbocycles. The molecule has 1 aliphatic heterocycles. The topological polar surface area (TPSA) is 93.5 Å². The first-order chi connectivity index (χ1) is 11.6. The monoisotopic (exact) mass is 364 g/mol. The van der Waals surface area contributed by atoms with E-state index in [-0.39, 0.29) is 35.0 Å². The summed E-state index contributed by atoms with van der Waals surface area (Å²) in [4.78, 5) is 13.8. The van der Waals surface area contributed by atoms with Gasteiger partial charge >= 0.3 is 6.03 Å². The lowest BCUT2D eigenvalue weighted by Crippen LogP contribution is -2.53. The number of nitrogens with one attached hydrogen (secondary N) is 1. The first kappa shape index (κ1) is 19.2. The maximum atomic E-state index is 12.8. The first-order valence-electron chi connectivity index (χ1n) is 8.17. The van der Waals surface area contributed by atoms with Gasteiger partial charge in [0.1, 0.15) is 6.07 Å². The molecule has 136 valence electrons. The van der Waals surface area contributed by atoms with Crippen molar-refractivity contribution in [2.24, 2.45) is 5.41 Å². The average Bonchev–Trinajstić information content (AvgIpc) is 2.59. The van der Waals surface area contributed by atoms with E-state index in [0.29, 0.717) is 19.6 Å². The molecule has 1 N–H and O–H groups in total. The maximum absolute atomic E-state index is 12.8. The summed E-state index contributed by atoms with van der Waals surface area (Å²) in [6, 6.07) is 7.91. The first-order valence-corrected chi connectivity index (χ1v) is 9.61. The van der Waals surface area contributed by atoms with E-state index in [1.165, 1.54) is 16.4 Å². The summed E-state index contributed by atoms with van der Waals surface area (Å²) >= 11 is 0. The van der Waals surface area contributed by atoms with Crippen LogP contribution >= 0.6 is 0 Å². The fourth-order valence-corrected chi connectivity index (χ4v) is 4.07. The van der Waals surface area contributed by atoms with Crippen LogP contribution in [0.1, 0.15) is 26.3 Å². The molecule has 0 saturated carbocycles. The zero-order valence-corrected chi connectivity index (χ0v) is 15.6. The minimum Gasteiger partial charge on any atom is -0.337 e. The molecule has 0 unspecified atom stereocenters. The largest absolute Gasteiger partial charge is 0.337 e. The second-order valence-electron chi connectivity index (χ2n) is 7.22. The number of piperazine rings is 1. The van der Waals surface area contributed by atoms with E-state index in [1.807, 2.05) is 26.8 Å². The van der Waals surface area contributed by atoms with Crippen LogP contribution in [0, 0.1) is 16.7 Å². The van der Waals surface area contributed by atoms with Crippen LogP contribution in [-0.4, -0.2) is 56.4 Å². The lowest BCUT2D eigenvalue weighted by molar-refractivity contribution is 0.169. The Balaban J connectivity index is 2.02. The van der Waals surface area contributed by atoms with Gasteiger partial charge in [-0.1, -0.05) is 32.9 Å². The van der Waals surface area contributed by atoms with Gasteiger partial charge < -0.3 is 10.2 Å². The summed E-state index contributed by atoms with van der Waals surface area (Å²) in [6.45, 7) is 7.73. The Morgan fingerprint density at radius 3 is 2.36 bits per heavy atom. The molecular formula is C17H24N4O3S. The number of nitrogens with zero attached hydrogens (tertiary/aromatic N) is 3. The van der Waals surface area contributed by atoms with Crippen molar-refractivity contribution in [3.05, 3.63) is 29.8 Å². The summed E-state index contributed by atoms with van der Waals surface area (Å²) < 4.78 is 26.8. The molecule has 25 heavy (non-hydrogen) atoms. The lowest BCUT2D eigenvalue weighted by Gasteiger charge is -2.34. The third-order valence-electron chi connectivity index (χ3n) is 3.92. The molecule has 8 heteroatoms. The van der Waals surface area contributed by atoms with E-state index < -0.39 is 10.0 Å². The van der Waals surface area contributed by atoms with Gasteiger partial charge in [-0.2, -0.15) is 9.57 Å². The van der Waals surface area contributed by atoms with Gasteiger partial charge in [-0.3, -0.25) is 0 Å². The molecule has 1 heterocycles. The number of sulfonamides is 1. The smallest absolute Gasteiger partial charge is 0.317 e. The molecule has 1 aromatic rings. The van der Waals surface area contributed by atoms with E-state index in [4.69, 9.17) is 5.26 Å². The van der Waals surface area contributed by atoms with Crippen molar-refractivity contribution in [3.63, 3.8) is 0 Å². The predicted octanol–water partition coefficient (Wildman–Crippen LogP) is 1.62. The quantitative estimate of drug-likeness (QED) is 0.882. The highest BCUT2D eigenvalue weighted by Gasteiger charge is 2.31. The third kappa shape index (κ3) is 4.71. The molecule has 7 nitrogen and oxygen atoms in total. The molecule has 0 radical (unpaired) electrons. The van der Waals surface area contributed by atoms with Gasteiger partial charge in [-0.15, -0.1) is 0 Å². The standard InChI is InChI=1S/C17H24N4O3S/c1-17(2,3)13-19-16(22)20-8-10-21(11-9-20)25(23,24)15-7-5-4-6-14(15)12-18/h4-7H,8-11,13H2,1-3H3,(H,19,22). The Morgan fingerprint density at radius 1 is 1.20 bits per heavy atom. The number of rotatable bonds is 3. The molecule has 2 amide bonds. The van der Waals surface area contributed by atoms with Gasteiger partial charge in [0.15, 0.2) is 0 Å². The van der Waals surface area contributed by atoms with Gasteiger partial charge in [0.2, 0.25) is 10.0 Å². The van der Waals surface area contributed by atoms with Crippen molar-refractivity contribution in [1.82, 2.24) is 14.5 Å². The van der Waals surface area contributed by atoms with Crippen LogP contribution < -0.4 is 5.32 Å². The van der Waals surface area contributed by atoms with E-state index in [0.717, 1.165) is 0 Å². The van der Waals surface area contributed by atoms with Crippen LogP contribution in [0.5, 0.6) is 0 Å². The molecule has 2 rings (SSSR count). The average molecular weight is 364 g/mol. The van der Waals surface area contributed by atoms with Crippen LogP contribution in [0.4, 0.5) is 4.79 Å². The summed E-state index contributed by atoms with van der Waals surface area (Å²) in [5, 5.41) is 12.0. The number of hydrogen-bond donors (Lipinski definition) is 1. The maximum Gasteiger partial charge on any atom is 0.317 e. The highest BCUT2D eigenvalue weighted by Crippen LogP contribution is 2.21. The van der Waals surface area contributed by atoms with Crippen LogP contribution in [0.3, 0.4) is 0 Å². The highest BCUT2D eigenvalue weighted by atomic mass is 32.2. The Hall–Kier alpha value is -2.11. The van der Waals surface area contributed by atoms with E-state index >= 15 is 0 Å². The summed E-state index contributed by atoms with van der Waals surface area (Å²) in [7, 11) is -3.74. The van der Waals surface area contributed by atoms with Crippen molar-refractivity contribution in [3.8, 4) is 6.07 Å².